The molecule has 0 heterocycles. The predicted octanol–water partition coefficient (Wildman–Crippen LogP) is 1.86. The molecule has 7 nitrogen and oxygen atoms in total. The molecule has 0 aromatic rings. The van der Waals surface area contributed by atoms with Crippen LogP contribution in [0, 0.1) is 5.41 Å². The number of hydrogen-bond acceptors (Lipinski definition) is 4. The number of likely N-dealkylation sites (N-methyl/N-ethyl adjacent to an activating group) is 1. The van der Waals surface area contributed by atoms with Gasteiger partial charge in [0.1, 0.15) is 6.54 Å². The summed E-state index contributed by atoms with van der Waals surface area (Å²) in [5, 5.41) is 6.67. The number of carbonyl (C=O) groups is 1. The number of guanidine groups is 1. The van der Waals surface area contributed by atoms with Gasteiger partial charge in [0.25, 0.3) is 0 Å². The van der Waals surface area contributed by atoms with Crippen molar-refractivity contribution in [3.8, 4) is 0 Å². The second-order valence-electron chi connectivity index (χ2n) is 6.88. The average molecular weight is 484 g/mol. The predicted molar refractivity (Wildman–Crippen MR) is 116 cm³/mol. The molecule has 1 amide bonds. The van der Waals surface area contributed by atoms with E-state index in [0.29, 0.717) is 19.1 Å². The summed E-state index contributed by atoms with van der Waals surface area (Å²) in [5.74, 6) is 0.662. The van der Waals surface area contributed by atoms with Crippen LogP contribution in [0.3, 0.4) is 0 Å². The van der Waals surface area contributed by atoms with Gasteiger partial charge in [-0.15, -0.1) is 24.0 Å². The number of rotatable bonds is 11. The molecule has 154 valence electrons. The normalized spacial score (nSPS) is 16.1. The number of methoxy groups -OCH3 is 1. The maximum Gasteiger partial charge on any atom is 0.243 e. The van der Waals surface area contributed by atoms with Gasteiger partial charge < -0.3 is 25.0 Å². The minimum Gasteiger partial charge on any atom is -0.383 e. The minimum absolute atomic E-state index is 0. The van der Waals surface area contributed by atoms with Crippen LogP contribution in [-0.4, -0.2) is 77.4 Å². The zero-order valence-corrected chi connectivity index (χ0v) is 19.1. The number of nitrogens with zero attached hydrogens (tertiary/aromatic N) is 2. The van der Waals surface area contributed by atoms with Crippen molar-refractivity contribution in [2.45, 2.75) is 39.0 Å². The second kappa shape index (κ2) is 14.4. The van der Waals surface area contributed by atoms with E-state index in [9.17, 15) is 4.79 Å². The Balaban J connectivity index is 0.00000625. The number of nitrogens with one attached hydrogen (secondary N) is 2. The molecular formula is C18H37IN4O3. The highest BCUT2D eigenvalue weighted by atomic mass is 127. The molecule has 1 aliphatic rings. The molecule has 0 aromatic carbocycles. The quantitative estimate of drug-likeness (QED) is 0.203. The lowest BCUT2D eigenvalue weighted by atomic mass is 9.83. The highest BCUT2D eigenvalue weighted by Gasteiger charge is 2.33. The van der Waals surface area contributed by atoms with Gasteiger partial charge in [-0.3, -0.25) is 4.79 Å². The summed E-state index contributed by atoms with van der Waals surface area (Å²) in [4.78, 5) is 17.8. The Hall–Kier alpha value is -0.610. The molecule has 26 heavy (non-hydrogen) atoms. The van der Waals surface area contributed by atoms with Crippen LogP contribution in [0.5, 0.6) is 0 Å². The van der Waals surface area contributed by atoms with Gasteiger partial charge >= 0.3 is 0 Å². The van der Waals surface area contributed by atoms with Crippen LogP contribution < -0.4 is 10.6 Å². The number of ether oxygens (including phenoxy) is 2. The molecular weight excluding hydrogens is 447 g/mol. The summed E-state index contributed by atoms with van der Waals surface area (Å²) < 4.78 is 10.7. The van der Waals surface area contributed by atoms with Crippen molar-refractivity contribution in [1.82, 2.24) is 15.5 Å². The largest absolute Gasteiger partial charge is 0.383 e. The molecule has 1 aliphatic carbocycles. The summed E-state index contributed by atoms with van der Waals surface area (Å²) in [6, 6.07) is 0. The highest BCUT2D eigenvalue weighted by Crippen LogP contribution is 2.40. The smallest absolute Gasteiger partial charge is 0.243 e. The first kappa shape index (κ1) is 25.4. The molecule has 0 aromatic heterocycles. The van der Waals surface area contributed by atoms with Gasteiger partial charge in [0.05, 0.1) is 6.61 Å². The molecule has 0 bridgehead atoms. The summed E-state index contributed by atoms with van der Waals surface area (Å²) in [5.41, 5.74) is 0.268. The third-order valence-corrected chi connectivity index (χ3v) is 4.75. The van der Waals surface area contributed by atoms with Crippen LogP contribution in [-0.2, 0) is 14.3 Å². The fourth-order valence-electron chi connectivity index (χ4n) is 3.08. The molecule has 0 spiro atoms. The van der Waals surface area contributed by atoms with E-state index in [4.69, 9.17) is 9.47 Å². The van der Waals surface area contributed by atoms with Crippen molar-refractivity contribution in [3.63, 3.8) is 0 Å². The Labute approximate surface area is 175 Å². The van der Waals surface area contributed by atoms with Crippen LogP contribution in [0.1, 0.15) is 39.0 Å². The first-order chi connectivity index (χ1) is 12.0. The maximum absolute atomic E-state index is 11.8. The topological polar surface area (TPSA) is 75.2 Å². The Morgan fingerprint density at radius 3 is 2.46 bits per heavy atom. The minimum atomic E-state index is -0.0141. The Morgan fingerprint density at radius 1 is 1.19 bits per heavy atom. The van der Waals surface area contributed by atoms with Crippen LogP contribution in [0.15, 0.2) is 4.99 Å². The van der Waals surface area contributed by atoms with Gasteiger partial charge in [-0.2, -0.15) is 0 Å². The Morgan fingerprint density at radius 2 is 1.88 bits per heavy atom. The summed E-state index contributed by atoms with van der Waals surface area (Å²) in [6.07, 6.45) is 6.05. The van der Waals surface area contributed by atoms with Gasteiger partial charge in [-0.25, -0.2) is 4.99 Å². The zero-order valence-electron chi connectivity index (χ0n) is 16.8. The van der Waals surface area contributed by atoms with Gasteiger partial charge in [0.2, 0.25) is 5.91 Å². The van der Waals surface area contributed by atoms with E-state index in [1.54, 1.807) is 26.1 Å². The number of amides is 1. The lowest BCUT2D eigenvalue weighted by molar-refractivity contribution is -0.127. The van der Waals surface area contributed by atoms with Crippen LogP contribution in [0.25, 0.3) is 0 Å². The van der Waals surface area contributed by atoms with Crippen molar-refractivity contribution in [3.05, 3.63) is 0 Å². The van der Waals surface area contributed by atoms with Gasteiger partial charge in [0.15, 0.2) is 5.96 Å². The van der Waals surface area contributed by atoms with Crippen molar-refractivity contribution >= 4 is 35.8 Å². The summed E-state index contributed by atoms with van der Waals surface area (Å²) >= 11 is 0. The van der Waals surface area contributed by atoms with E-state index >= 15 is 0 Å². The second-order valence-corrected chi connectivity index (χ2v) is 6.88. The average Bonchev–Trinajstić information content (AvgIpc) is 3.06. The van der Waals surface area contributed by atoms with Crippen LogP contribution in [0.2, 0.25) is 0 Å². The molecule has 1 rings (SSSR count). The SMILES string of the molecule is CCOCCC1(CNC(=NCC(=O)N(C)C)NCCOC)CCCC1.I. The van der Waals surface area contributed by atoms with E-state index in [-0.39, 0.29) is 41.8 Å². The highest BCUT2D eigenvalue weighted by molar-refractivity contribution is 14.0. The molecule has 0 unspecified atom stereocenters. The fourth-order valence-corrected chi connectivity index (χ4v) is 3.08. The monoisotopic (exact) mass is 484 g/mol. The van der Waals surface area contributed by atoms with Gasteiger partial charge in [0, 0.05) is 47.5 Å². The summed E-state index contributed by atoms with van der Waals surface area (Å²) in [7, 11) is 5.15. The number of halogens is 1. The lowest BCUT2D eigenvalue weighted by Crippen LogP contribution is -2.44. The number of aliphatic imine (C=N–C) groups is 1. The fraction of sp³-hybridized carbons (Fsp3) is 0.889. The van der Waals surface area contributed by atoms with Crippen molar-refractivity contribution in [2.75, 3.05) is 60.7 Å². The van der Waals surface area contributed by atoms with E-state index in [2.05, 4.69) is 15.6 Å². The number of hydrogen-bond donors (Lipinski definition) is 2. The molecule has 8 heteroatoms. The van der Waals surface area contributed by atoms with Crippen molar-refractivity contribution in [2.24, 2.45) is 10.4 Å². The molecule has 1 saturated carbocycles. The van der Waals surface area contributed by atoms with Crippen LogP contribution in [0.4, 0.5) is 0 Å². The van der Waals surface area contributed by atoms with Gasteiger partial charge in [-0.05, 0) is 31.6 Å². The van der Waals surface area contributed by atoms with Crippen molar-refractivity contribution in [1.29, 1.82) is 0 Å². The lowest BCUT2D eigenvalue weighted by Gasteiger charge is -2.30. The maximum atomic E-state index is 11.8. The molecule has 0 aliphatic heterocycles. The number of carbonyl (C=O) groups excluding carboxylic acids is 1. The zero-order chi connectivity index (χ0) is 18.5. The Bertz CT molecular complexity index is 413. The molecule has 2 N–H and O–H groups in total. The van der Waals surface area contributed by atoms with E-state index in [1.807, 2.05) is 6.92 Å². The van der Waals surface area contributed by atoms with E-state index in [0.717, 1.165) is 26.2 Å². The first-order valence-electron chi connectivity index (χ1n) is 9.32. The third-order valence-electron chi connectivity index (χ3n) is 4.75. The van der Waals surface area contributed by atoms with Crippen molar-refractivity contribution < 1.29 is 14.3 Å². The van der Waals surface area contributed by atoms with Gasteiger partial charge in [-0.1, -0.05) is 12.8 Å². The van der Waals surface area contributed by atoms with E-state index < -0.39 is 0 Å². The Kier molecular flexibility index (Phi) is 14.1. The molecule has 0 saturated heterocycles. The first-order valence-corrected chi connectivity index (χ1v) is 9.32. The molecule has 1 fully saturated rings. The summed E-state index contributed by atoms with van der Waals surface area (Å²) in [6.45, 7) is 5.85. The van der Waals surface area contributed by atoms with Crippen LogP contribution >= 0.6 is 24.0 Å². The molecule has 0 atom stereocenters. The van der Waals surface area contributed by atoms with E-state index in [1.165, 1.54) is 25.7 Å². The third kappa shape index (κ3) is 9.91. The standard InChI is InChI=1S/C18H36N4O3.HI/c1-5-25-12-10-18(8-6-7-9-18)15-21-17(19-11-13-24-4)20-14-16(23)22(2)3;/h5-15H2,1-4H3,(H2,19,20,21);1H. The molecule has 0 radical (unpaired) electrons.